The van der Waals surface area contributed by atoms with Gasteiger partial charge in [0.2, 0.25) is 11.8 Å². The Morgan fingerprint density at radius 3 is 2.43 bits per heavy atom. The lowest BCUT2D eigenvalue weighted by atomic mass is 10.2. The van der Waals surface area contributed by atoms with Crippen molar-refractivity contribution >= 4 is 51.1 Å². The molecular weight excluding hydrogens is 442 g/mol. The van der Waals surface area contributed by atoms with Crippen LogP contribution in [0.5, 0.6) is 0 Å². The number of benzene rings is 2. The van der Waals surface area contributed by atoms with Gasteiger partial charge in [-0.25, -0.2) is 0 Å². The van der Waals surface area contributed by atoms with Crippen molar-refractivity contribution in [3.63, 3.8) is 0 Å². The fourth-order valence-corrected chi connectivity index (χ4v) is 3.56. The molecule has 3 rings (SSSR count). The molecule has 0 aliphatic carbocycles. The predicted molar refractivity (Wildman–Crippen MR) is 116 cm³/mol. The summed E-state index contributed by atoms with van der Waals surface area (Å²) in [5.74, 6) is -0.127. The summed E-state index contributed by atoms with van der Waals surface area (Å²) in [6.45, 7) is 2.78. The third-order valence-electron chi connectivity index (χ3n) is 4.51. The van der Waals surface area contributed by atoms with E-state index in [0.717, 1.165) is 10.0 Å². The molecule has 1 aliphatic heterocycles. The summed E-state index contributed by atoms with van der Waals surface area (Å²) < 4.78 is 0.952. The highest BCUT2D eigenvalue weighted by atomic mass is 79.9. The minimum Gasteiger partial charge on any atom is -0.337 e. The molecule has 0 aromatic heterocycles. The third-order valence-corrected chi connectivity index (χ3v) is 5.56. The van der Waals surface area contributed by atoms with E-state index in [-0.39, 0.29) is 18.4 Å². The third kappa shape index (κ3) is 5.67. The lowest BCUT2D eigenvalue weighted by Crippen LogP contribution is -2.50. The van der Waals surface area contributed by atoms with E-state index < -0.39 is 0 Å². The molecular formula is C21H21BrClN3O2. The van der Waals surface area contributed by atoms with Gasteiger partial charge >= 0.3 is 0 Å². The maximum Gasteiger partial charge on any atom is 0.246 e. The molecule has 7 heteroatoms. The number of nitrogens with zero attached hydrogens (tertiary/aromatic N) is 2. The molecule has 1 saturated heterocycles. The number of rotatable bonds is 5. The van der Waals surface area contributed by atoms with Gasteiger partial charge in [-0.2, -0.15) is 0 Å². The molecule has 2 aromatic rings. The van der Waals surface area contributed by atoms with Crippen molar-refractivity contribution in [2.45, 2.75) is 0 Å². The number of para-hydroxylation sites is 1. The van der Waals surface area contributed by atoms with E-state index in [0.29, 0.717) is 36.9 Å². The Morgan fingerprint density at radius 1 is 1.04 bits per heavy atom. The van der Waals surface area contributed by atoms with Crippen LogP contribution in [0.3, 0.4) is 0 Å². The van der Waals surface area contributed by atoms with Gasteiger partial charge in [-0.3, -0.25) is 14.5 Å². The highest BCUT2D eigenvalue weighted by molar-refractivity contribution is 9.10. The summed E-state index contributed by atoms with van der Waals surface area (Å²) in [6.07, 6.45) is 3.41. The monoisotopic (exact) mass is 461 g/mol. The molecule has 0 spiro atoms. The van der Waals surface area contributed by atoms with E-state index >= 15 is 0 Å². The van der Waals surface area contributed by atoms with Crippen LogP contribution in [0.1, 0.15) is 5.56 Å². The van der Waals surface area contributed by atoms with Gasteiger partial charge in [0.15, 0.2) is 0 Å². The van der Waals surface area contributed by atoms with Crippen LogP contribution in [-0.2, 0) is 9.59 Å². The fraction of sp³-hybridized carbons (Fsp3) is 0.238. The summed E-state index contributed by atoms with van der Waals surface area (Å²) in [6, 6.07) is 14.9. The molecule has 1 fully saturated rings. The molecule has 0 radical (unpaired) electrons. The van der Waals surface area contributed by atoms with Gasteiger partial charge in [0, 0.05) is 36.7 Å². The van der Waals surface area contributed by atoms with Crippen LogP contribution in [-0.4, -0.2) is 54.3 Å². The first kappa shape index (κ1) is 20.6. The van der Waals surface area contributed by atoms with Crippen molar-refractivity contribution in [1.29, 1.82) is 0 Å². The van der Waals surface area contributed by atoms with Crippen LogP contribution in [0.15, 0.2) is 59.1 Å². The Labute approximate surface area is 178 Å². The fourth-order valence-electron chi connectivity index (χ4n) is 2.96. The van der Waals surface area contributed by atoms with Gasteiger partial charge in [0.1, 0.15) is 0 Å². The maximum atomic E-state index is 12.4. The van der Waals surface area contributed by atoms with Gasteiger partial charge in [0.25, 0.3) is 0 Å². The summed E-state index contributed by atoms with van der Waals surface area (Å²) in [5.41, 5.74) is 1.57. The number of amides is 2. The van der Waals surface area contributed by atoms with E-state index in [1.807, 2.05) is 47.4 Å². The SMILES string of the molecule is O=C(CN1CCN(C(=O)/C=C/c2ccccc2Br)CC1)Nc1ccccc1Cl. The normalized spacial score (nSPS) is 15.0. The van der Waals surface area contributed by atoms with Crippen LogP contribution in [0, 0.1) is 0 Å². The second kappa shape index (κ2) is 9.87. The van der Waals surface area contributed by atoms with Gasteiger partial charge in [0.05, 0.1) is 17.3 Å². The largest absolute Gasteiger partial charge is 0.337 e. The average molecular weight is 463 g/mol. The van der Waals surface area contributed by atoms with Crippen molar-refractivity contribution in [2.75, 3.05) is 38.0 Å². The number of nitrogens with one attached hydrogen (secondary N) is 1. The lowest BCUT2D eigenvalue weighted by molar-refractivity contribution is -0.127. The number of halogens is 2. The smallest absolute Gasteiger partial charge is 0.246 e. The Kier molecular flexibility index (Phi) is 7.25. The van der Waals surface area contributed by atoms with E-state index in [1.165, 1.54) is 0 Å². The molecule has 1 N–H and O–H groups in total. The second-order valence-corrected chi connectivity index (χ2v) is 7.75. The Hall–Kier alpha value is -2.15. The molecule has 1 aliphatic rings. The first-order valence-electron chi connectivity index (χ1n) is 9.01. The van der Waals surface area contributed by atoms with Gasteiger partial charge in [-0.05, 0) is 29.8 Å². The van der Waals surface area contributed by atoms with Crippen LogP contribution in [0.25, 0.3) is 6.08 Å². The van der Waals surface area contributed by atoms with Crippen molar-refractivity contribution in [1.82, 2.24) is 9.80 Å². The predicted octanol–water partition coefficient (Wildman–Crippen LogP) is 3.90. The number of hydrogen-bond acceptors (Lipinski definition) is 3. The highest BCUT2D eigenvalue weighted by Crippen LogP contribution is 2.20. The molecule has 0 atom stereocenters. The molecule has 2 amide bonds. The standard InChI is InChI=1S/C21H21BrClN3O2/c22-17-6-2-1-5-16(17)9-10-21(28)26-13-11-25(12-14-26)15-20(27)24-19-8-4-3-7-18(19)23/h1-10H,11-15H2,(H,24,27)/b10-9+. The number of carbonyl (C=O) groups is 2. The van der Waals surface area contributed by atoms with Crippen molar-refractivity contribution in [3.8, 4) is 0 Å². The van der Waals surface area contributed by atoms with E-state index in [1.54, 1.807) is 23.1 Å². The number of hydrogen-bond donors (Lipinski definition) is 1. The number of carbonyl (C=O) groups excluding carboxylic acids is 2. The molecule has 146 valence electrons. The first-order chi connectivity index (χ1) is 13.5. The van der Waals surface area contributed by atoms with Crippen molar-refractivity contribution < 1.29 is 9.59 Å². The molecule has 0 bridgehead atoms. The average Bonchev–Trinajstić information content (AvgIpc) is 2.69. The minimum absolute atomic E-state index is 0.0177. The molecule has 0 saturated carbocycles. The van der Waals surface area contributed by atoms with Crippen LogP contribution >= 0.6 is 27.5 Å². The zero-order valence-corrected chi connectivity index (χ0v) is 17.6. The lowest BCUT2D eigenvalue weighted by Gasteiger charge is -2.33. The molecule has 28 heavy (non-hydrogen) atoms. The van der Waals surface area contributed by atoms with E-state index in [9.17, 15) is 9.59 Å². The van der Waals surface area contributed by atoms with Gasteiger partial charge in [-0.1, -0.05) is 57.9 Å². The summed E-state index contributed by atoms with van der Waals surface area (Å²) >= 11 is 9.54. The zero-order chi connectivity index (χ0) is 19.9. The van der Waals surface area contributed by atoms with E-state index in [2.05, 4.69) is 21.2 Å². The quantitative estimate of drug-likeness (QED) is 0.686. The van der Waals surface area contributed by atoms with Gasteiger partial charge in [-0.15, -0.1) is 0 Å². The Bertz CT molecular complexity index is 879. The van der Waals surface area contributed by atoms with Gasteiger partial charge < -0.3 is 10.2 Å². The molecule has 0 unspecified atom stereocenters. The highest BCUT2D eigenvalue weighted by Gasteiger charge is 2.21. The molecule has 1 heterocycles. The molecule has 2 aromatic carbocycles. The Morgan fingerprint density at radius 2 is 1.71 bits per heavy atom. The van der Waals surface area contributed by atoms with E-state index in [4.69, 9.17) is 11.6 Å². The topological polar surface area (TPSA) is 52.7 Å². The summed E-state index contributed by atoms with van der Waals surface area (Å²) in [4.78, 5) is 28.5. The first-order valence-corrected chi connectivity index (χ1v) is 10.2. The minimum atomic E-state index is -0.110. The van der Waals surface area contributed by atoms with Crippen LogP contribution < -0.4 is 5.32 Å². The number of piperazine rings is 1. The van der Waals surface area contributed by atoms with Crippen molar-refractivity contribution in [3.05, 3.63) is 69.7 Å². The summed E-state index contributed by atoms with van der Waals surface area (Å²) in [7, 11) is 0. The van der Waals surface area contributed by atoms with Crippen molar-refractivity contribution in [2.24, 2.45) is 0 Å². The zero-order valence-electron chi connectivity index (χ0n) is 15.3. The maximum absolute atomic E-state index is 12.4. The Balaban J connectivity index is 1.46. The molecule has 5 nitrogen and oxygen atoms in total. The van der Waals surface area contributed by atoms with Crippen LogP contribution in [0.2, 0.25) is 5.02 Å². The van der Waals surface area contributed by atoms with Crippen LogP contribution in [0.4, 0.5) is 5.69 Å². The second-order valence-electron chi connectivity index (χ2n) is 6.48. The number of anilines is 1. The summed E-state index contributed by atoms with van der Waals surface area (Å²) in [5, 5.41) is 3.34.